The molecule has 0 saturated heterocycles. The normalized spacial score (nSPS) is 11.2. The summed E-state index contributed by atoms with van der Waals surface area (Å²) in [4.78, 5) is 17.1. The van der Waals surface area contributed by atoms with Crippen LogP contribution >= 0.6 is 11.3 Å². The second-order valence-corrected chi connectivity index (χ2v) is 6.01. The Morgan fingerprint density at radius 1 is 1.40 bits per heavy atom. The summed E-state index contributed by atoms with van der Waals surface area (Å²) in [7, 11) is 1.58. The van der Waals surface area contributed by atoms with Crippen LogP contribution in [0.5, 0.6) is 11.5 Å². The predicted molar refractivity (Wildman–Crippen MR) is 97.4 cm³/mol. The van der Waals surface area contributed by atoms with E-state index in [1.165, 1.54) is 17.4 Å². The number of nitrogens with one attached hydrogen (secondary N) is 1. The molecule has 1 amide bonds. The second-order valence-electron chi connectivity index (χ2n) is 5.17. The van der Waals surface area contributed by atoms with Crippen LogP contribution in [-0.2, 0) is 4.79 Å². The van der Waals surface area contributed by atoms with Crippen molar-refractivity contribution < 1.29 is 14.3 Å². The first-order valence-corrected chi connectivity index (χ1v) is 8.59. The Hall–Kier alpha value is -2.87. The van der Waals surface area contributed by atoms with E-state index in [0.29, 0.717) is 18.1 Å². The molecule has 0 atom stereocenters. The number of carbonyl (C=O) groups is 1. The van der Waals surface area contributed by atoms with Crippen LogP contribution in [0.3, 0.4) is 0 Å². The highest BCUT2D eigenvalue weighted by Gasteiger charge is 2.09. The first kappa shape index (κ1) is 17.0. The summed E-state index contributed by atoms with van der Waals surface area (Å²) in [6.07, 6.45) is 3.12. The third kappa shape index (κ3) is 3.80. The van der Waals surface area contributed by atoms with E-state index in [1.807, 2.05) is 37.4 Å². The average Bonchev–Trinajstić information content (AvgIpc) is 3.15. The molecule has 0 radical (unpaired) electrons. The lowest BCUT2D eigenvalue weighted by Gasteiger charge is -2.09. The van der Waals surface area contributed by atoms with Crippen LogP contribution in [0.1, 0.15) is 18.2 Å². The second kappa shape index (κ2) is 7.35. The van der Waals surface area contributed by atoms with Crippen molar-refractivity contribution in [2.24, 2.45) is 0 Å². The van der Waals surface area contributed by atoms with E-state index >= 15 is 0 Å². The van der Waals surface area contributed by atoms with E-state index < -0.39 is 0 Å². The molecule has 0 aliphatic rings. The standard InChI is InChI=1S/C17H18N4O3S/c1-4-24-13-7-5-12(9-14(13)23-3)6-8-15(22)18-16-19-17-21(20-16)11(2)10-25-17/h5-10H,4H2,1-3H3,(H,18,20,22)/b8-6+. The summed E-state index contributed by atoms with van der Waals surface area (Å²) in [5.41, 5.74) is 1.80. The van der Waals surface area contributed by atoms with Crippen LogP contribution in [0.4, 0.5) is 5.95 Å². The SMILES string of the molecule is CCOc1ccc(/C=C/C(=O)Nc2nc3scc(C)n3n2)cc1OC. The maximum Gasteiger partial charge on any atom is 0.250 e. The van der Waals surface area contributed by atoms with E-state index in [4.69, 9.17) is 9.47 Å². The minimum atomic E-state index is -0.302. The summed E-state index contributed by atoms with van der Waals surface area (Å²) in [6, 6.07) is 5.47. The highest BCUT2D eigenvalue weighted by Crippen LogP contribution is 2.28. The number of amides is 1. The lowest BCUT2D eigenvalue weighted by molar-refractivity contribution is -0.111. The number of nitrogens with zero attached hydrogens (tertiary/aromatic N) is 3. The molecule has 0 fully saturated rings. The van der Waals surface area contributed by atoms with Crippen molar-refractivity contribution >= 4 is 34.2 Å². The fourth-order valence-electron chi connectivity index (χ4n) is 2.23. The molecule has 1 N–H and O–H groups in total. The van der Waals surface area contributed by atoms with Gasteiger partial charge in [0.05, 0.1) is 19.4 Å². The van der Waals surface area contributed by atoms with Gasteiger partial charge in [-0.25, -0.2) is 4.52 Å². The Kier molecular flexibility index (Phi) is 4.99. The van der Waals surface area contributed by atoms with Crippen molar-refractivity contribution in [1.82, 2.24) is 14.6 Å². The number of rotatable bonds is 6. The van der Waals surface area contributed by atoms with Crippen LogP contribution in [0.2, 0.25) is 0 Å². The van der Waals surface area contributed by atoms with Crippen LogP contribution in [-0.4, -0.2) is 34.2 Å². The number of fused-ring (bicyclic) bond motifs is 1. The summed E-state index contributed by atoms with van der Waals surface area (Å²) < 4.78 is 12.5. The number of aryl methyl sites for hydroxylation is 1. The van der Waals surface area contributed by atoms with Gasteiger partial charge in [-0.15, -0.1) is 16.4 Å². The van der Waals surface area contributed by atoms with Gasteiger partial charge < -0.3 is 9.47 Å². The first-order chi connectivity index (χ1) is 12.1. The summed E-state index contributed by atoms with van der Waals surface area (Å²) >= 11 is 1.48. The van der Waals surface area contributed by atoms with Crippen LogP contribution in [0.15, 0.2) is 29.7 Å². The zero-order valence-electron chi connectivity index (χ0n) is 14.1. The molecular formula is C17H18N4O3S. The first-order valence-electron chi connectivity index (χ1n) is 7.71. The molecule has 25 heavy (non-hydrogen) atoms. The molecule has 7 nitrogen and oxygen atoms in total. The summed E-state index contributed by atoms with van der Waals surface area (Å²) in [6.45, 7) is 4.40. The zero-order chi connectivity index (χ0) is 17.8. The molecule has 0 aliphatic carbocycles. The number of methoxy groups -OCH3 is 1. The molecule has 1 aromatic carbocycles. The van der Waals surface area contributed by atoms with Crippen molar-refractivity contribution in [3.8, 4) is 11.5 Å². The van der Waals surface area contributed by atoms with Crippen molar-refractivity contribution in [2.75, 3.05) is 19.0 Å². The molecule has 130 valence electrons. The number of hydrogen-bond acceptors (Lipinski definition) is 6. The monoisotopic (exact) mass is 358 g/mol. The number of hydrogen-bond donors (Lipinski definition) is 1. The smallest absolute Gasteiger partial charge is 0.250 e. The number of ether oxygens (including phenoxy) is 2. The minimum absolute atomic E-state index is 0.286. The van der Waals surface area contributed by atoms with Gasteiger partial charge in [0.2, 0.25) is 4.96 Å². The Morgan fingerprint density at radius 2 is 2.24 bits per heavy atom. The Labute approximate surface area is 148 Å². The van der Waals surface area contributed by atoms with Crippen molar-refractivity contribution in [3.63, 3.8) is 0 Å². The fraction of sp³-hybridized carbons (Fsp3) is 0.235. The zero-order valence-corrected chi connectivity index (χ0v) is 15.0. The molecule has 2 aromatic heterocycles. The molecule has 0 unspecified atom stereocenters. The van der Waals surface area contributed by atoms with Crippen molar-refractivity contribution in [2.45, 2.75) is 13.8 Å². The molecular weight excluding hydrogens is 340 g/mol. The maximum absolute atomic E-state index is 12.1. The van der Waals surface area contributed by atoms with Crippen LogP contribution < -0.4 is 14.8 Å². The van der Waals surface area contributed by atoms with Gasteiger partial charge in [-0.3, -0.25) is 10.1 Å². The number of anilines is 1. The Bertz CT molecular complexity index is 929. The van der Waals surface area contributed by atoms with Crippen LogP contribution in [0, 0.1) is 6.92 Å². The van der Waals surface area contributed by atoms with E-state index in [1.54, 1.807) is 17.7 Å². The van der Waals surface area contributed by atoms with Gasteiger partial charge >= 0.3 is 0 Å². The molecule has 0 saturated carbocycles. The van der Waals surface area contributed by atoms with E-state index in [0.717, 1.165) is 16.2 Å². The number of thiazole rings is 1. The Balaban J connectivity index is 1.69. The molecule has 8 heteroatoms. The topological polar surface area (TPSA) is 77.8 Å². The summed E-state index contributed by atoms with van der Waals surface area (Å²) in [5, 5.41) is 8.86. The number of aromatic nitrogens is 3. The third-order valence-corrected chi connectivity index (χ3v) is 4.33. The van der Waals surface area contributed by atoms with Gasteiger partial charge in [0, 0.05) is 11.5 Å². The Morgan fingerprint density at radius 3 is 2.96 bits per heavy atom. The highest BCUT2D eigenvalue weighted by molar-refractivity contribution is 7.15. The quantitative estimate of drug-likeness (QED) is 0.685. The highest BCUT2D eigenvalue weighted by atomic mass is 32.1. The molecule has 3 rings (SSSR count). The molecule has 0 bridgehead atoms. The number of benzene rings is 1. The van der Waals surface area contributed by atoms with Gasteiger partial charge in [0.1, 0.15) is 0 Å². The largest absolute Gasteiger partial charge is 0.493 e. The van der Waals surface area contributed by atoms with Gasteiger partial charge in [0.25, 0.3) is 11.9 Å². The summed E-state index contributed by atoms with van der Waals surface area (Å²) in [5.74, 6) is 1.28. The lowest BCUT2D eigenvalue weighted by Crippen LogP contribution is -2.09. The lowest BCUT2D eigenvalue weighted by atomic mass is 10.2. The third-order valence-electron chi connectivity index (χ3n) is 3.40. The van der Waals surface area contributed by atoms with E-state index in [2.05, 4.69) is 15.4 Å². The average molecular weight is 358 g/mol. The van der Waals surface area contributed by atoms with Crippen LogP contribution in [0.25, 0.3) is 11.0 Å². The fourth-order valence-corrected chi connectivity index (χ4v) is 3.03. The molecule has 0 spiro atoms. The molecule has 3 aromatic rings. The minimum Gasteiger partial charge on any atom is -0.493 e. The van der Waals surface area contributed by atoms with Crippen molar-refractivity contribution in [3.05, 3.63) is 40.9 Å². The van der Waals surface area contributed by atoms with Crippen molar-refractivity contribution in [1.29, 1.82) is 0 Å². The molecule has 0 aliphatic heterocycles. The van der Waals surface area contributed by atoms with E-state index in [9.17, 15) is 4.79 Å². The van der Waals surface area contributed by atoms with Gasteiger partial charge in [-0.05, 0) is 37.6 Å². The van der Waals surface area contributed by atoms with Gasteiger partial charge in [-0.2, -0.15) is 4.98 Å². The predicted octanol–water partition coefficient (Wildman–Crippen LogP) is 3.16. The van der Waals surface area contributed by atoms with E-state index in [-0.39, 0.29) is 11.9 Å². The molecule has 2 heterocycles. The number of carbonyl (C=O) groups excluding carboxylic acids is 1. The van der Waals surface area contributed by atoms with Gasteiger partial charge in [0.15, 0.2) is 11.5 Å². The van der Waals surface area contributed by atoms with Gasteiger partial charge in [-0.1, -0.05) is 6.07 Å². The maximum atomic E-state index is 12.1.